The van der Waals surface area contributed by atoms with Crippen LogP contribution in [-0.2, 0) is 4.74 Å². The van der Waals surface area contributed by atoms with Crippen molar-refractivity contribution in [2.45, 2.75) is 32.8 Å². The zero-order valence-electron chi connectivity index (χ0n) is 11.1. The molecule has 0 atom stereocenters. The molecule has 0 fully saturated rings. The van der Waals surface area contributed by atoms with Crippen LogP contribution in [0.15, 0.2) is 18.2 Å². The summed E-state index contributed by atoms with van der Waals surface area (Å²) in [4.78, 5) is 11.9. The average molecular weight is 273 g/mol. The van der Waals surface area contributed by atoms with E-state index in [2.05, 4.69) is 0 Å². The van der Waals surface area contributed by atoms with Crippen LogP contribution >= 0.6 is 0 Å². The van der Waals surface area contributed by atoms with Crippen molar-refractivity contribution >= 4 is 11.7 Å². The van der Waals surface area contributed by atoms with Gasteiger partial charge in [0.15, 0.2) is 0 Å². The molecule has 0 aliphatic heterocycles. The minimum absolute atomic E-state index is 0.0313. The highest BCUT2D eigenvalue weighted by Gasteiger charge is 2.21. The van der Waals surface area contributed by atoms with E-state index in [1.807, 2.05) is 0 Å². The summed E-state index contributed by atoms with van der Waals surface area (Å²) in [6.45, 7) is 4.32. The predicted molar refractivity (Wildman–Crippen MR) is 67.5 cm³/mol. The lowest BCUT2D eigenvalue weighted by molar-refractivity contribution is 0.00617. The minimum Gasteiger partial charge on any atom is -0.487 e. The Bertz CT molecular complexity index is 456. The van der Waals surface area contributed by atoms with Crippen molar-refractivity contribution in [2.24, 2.45) is 0 Å². The number of hydrogen-bond acceptors (Lipinski definition) is 4. The van der Waals surface area contributed by atoms with Gasteiger partial charge in [-0.3, -0.25) is 0 Å². The molecule has 0 saturated carbocycles. The lowest BCUT2D eigenvalue weighted by Crippen LogP contribution is -2.24. The van der Waals surface area contributed by atoms with Gasteiger partial charge in [0, 0.05) is 5.69 Å². The first-order valence-electron chi connectivity index (χ1n) is 5.73. The Hall–Kier alpha value is -1.85. The molecule has 4 nitrogen and oxygen atoms in total. The normalized spacial score (nSPS) is 11.5. The van der Waals surface area contributed by atoms with Crippen molar-refractivity contribution in [1.82, 2.24) is 0 Å². The van der Waals surface area contributed by atoms with Crippen LogP contribution < -0.4 is 10.5 Å². The second-order valence-corrected chi connectivity index (χ2v) is 4.96. The van der Waals surface area contributed by atoms with Gasteiger partial charge in [-0.25, -0.2) is 13.6 Å². The smallest absolute Gasteiger partial charge is 0.342 e. The molecule has 0 heterocycles. The molecule has 1 aromatic carbocycles. The van der Waals surface area contributed by atoms with Gasteiger partial charge in [0.2, 0.25) is 0 Å². The molecule has 6 heteroatoms. The number of carbonyl (C=O) groups excluding carboxylic acids is 1. The van der Waals surface area contributed by atoms with Crippen molar-refractivity contribution in [3.8, 4) is 5.75 Å². The molecule has 0 bridgehead atoms. The summed E-state index contributed by atoms with van der Waals surface area (Å²) in [5.74, 6) is -0.632. The van der Waals surface area contributed by atoms with Crippen LogP contribution in [0.4, 0.5) is 14.5 Å². The van der Waals surface area contributed by atoms with Crippen LogP contribution in [0.25, 0.3) is 0 Å². The van der Waals surface area contributed by atoms with Crippen molar-refractivity contribution in [1.29, 1.82) is 0 Å². The molecule has 0 radical (unpaired) electrons. The van der Waals surface area contributed by atoms with E-state index < -0.39 is 24.6 Å². The fraction of sp³-hybridized carbons (Fsp3) is 0.462. The SMILES string of the molecule is CC(C)(C)OC(=O)c1cc(N)ccc1OCC(F)F. The van der Waals surface area contributed by atoms with Gasteiger partial charge in [0.05, 0.1) is 0 Å². The van der Waals surface area contributed by atoms with Gasteiger partial charge < -0.3 is 15.2 Å². The van der Waals surface area contributed by atoms with E-state index in [4.69, 9.17) is 15.2 Å². The second kappa shape index (κ2) is 5.86. The maximum absolute atomic E-state index is 12.1. The highest BCUT2D eigenvalue weighted by Crippen LogP contribution is 2.24. The van der Waals surface area contributed by atoms with E-state index in [0.29, 0.717) is 5.69 Å². The number of carbonyl (C=O) groups is 1. The van der Waals surface area contributed by atoms with E-state index in [1.165, 1.54) is 18.2 Å². The summed E-state index contributed by atoms with van der Waals surface area (Å²) in [6, 6.07) is 4.18. The van der Waals surface area contributed by atoms with Gasteiger partial charge >= 0.3 is 5.97 Å². The van der Waals surface area contributed by atoms with Gasteiger partial charge in [0.1, 0.15) is 23.5 Å². The van der Waals surface area contributed by atoms with Crippen LogP contribution in [0.3, 0.4) is 0 Å². The summed E-state index contributed by atoms with van der Waals surface area (Å²) < 4.78 is 34.3. The third kappa shape index (κ3) is 5.11. The number of anilines is 1. The first-order chi connectivity index (χ1) is 8.69. The van der Waals surface area contributed by atoms with Gasteiger partial charge in [0.25, 0.3) is 6.43 Å². The van der Waals surface area contributed by atoms with Gasteiger partial charge in [-0.05, 0) is 39.0 Å². The number of ether oxygens (including phenoxy) is 2. The summed E-state index contributed by atoms with van der Waals surface area (Å²) >= 11 is 0. The first kappa shape index (κ1) is 15.2. The van der Waals surface area contributed by atoms with E-state index in [1.54, 1.807) is 20.8 Å². The Morgan fingerprint density at radius 2 is 2.00 bits per heavy atom. The number of esters is 1. The summed E-state index contributed by atoms with van der Waals surface area (Å²) in [7, 11) is 0. The van der Waals surface area contributed by atoms with Gasteiger partial charge in [-0.1, -0.05) is 0 Å². The first-order valence-corrected chi connectivity index (χ1v) is 5.73. The Labute approximate surface area is 110 Å². The fourth-order valence-corrected chi connectivity index (χ4v) is 1.32. The second-order valence-electron chi connectivity index (χ2n) is 4.96. The number of nitrogens with two attached hydrogens (primary N) is 1. The van der Waals surface area contributed by atoms with Crippen LogP contribution in [0.1, 0.15) is 31.1 Å². The summed E-state index contributed by atoms with van der Waals surface area (Å²) in [5, 5.41) is 0. The molecule has 0 saturated heterocycles. The monoisotopic (exact) mass is 273 g/mol. The maximum Gasteiger partial charge on any atom is 0.342 e. The van der Waals surface area contributed by atoms with Crippen LogP contribution in [0.5, 0.6) is 5.75 Å². The Balaban J connectivity index is 2.96. The molecule has 0 spiro atoms. The molecule has 2 N–H and O–H groups in total. The number of alkyl halides is 2. The number of nitrogen functional groups attached to an aromatic ring is 1. The van der Waals surface area contributed by atoms with E-state index in [-0.39, 0.29) is 11.3 Å². The molecule has 0 unspecified atom stereocenters. The topological polar surface area (TPSA) is 61.5 Å². The molecular formula is C13H17F2NO3. The number of hydrogen-bond donors (Lipinski definition) is 1. The quantitative estimate of drug-likeness (QED) is 0.677. The third-order valence-electron chi connectivity index (χ3n) is 1.99. The number of rotatable bonds is 4. The number of benzene rings is 1. The largest absolute Gasteiger partial charge is 0.487 e. The molecule has 0 aromatic heterocycles. The van der Waals surface area contributed by atoms with Gasteiger partial charge in [-0.2, -0.15) is 0 Å². The van der Waals surface area contributed by atoms with Crippen molar-refractivity contribution < 1.29 is 23.0 Å². The molecule has 0 aliphatic rings. The van der Waals surface area contributed by atoms with Crippen LogP contribution in [0.2, 0.25) is 0 Å². The third-order valence-corrected chi connectivity index (χ3v) is 1.99. The summed E-state index contributed by atoms with van der Waals surface area (Å²) in [6.07, 6.45) is -2.62. The highest BCUT2D eigenvalue weighted by atomic mass is 19.3. The standard InChI is InChI=1S/C13H17F2NO3/c1-13(2,3)19-12(17)9-6-8(16)4-5-10(9)18-7-11(14)15/h4-6,11H,7,16H2,1-3H3. The molecule has 0 aliphatic carbocycles. The van der Waals surface area contributed by atoms with Crippen molar-refractivity contribution in [3.63, 3.8) is 0 Å². The van der Waals surface area contributed by atoms with Gasteiger partial charge in [-0.15, -0.1) is 0 Å². The molecule has 0 amide bonds. The van der Waals surface area contributed by atoms with E-state index in [9.17, 15) is 13.6 Å². The Morgan fingerprint density at radius 1 is 1.37 bits per heavy atom. The predicted octanol–water partition coefficient (Wildman–Crippen LogP) is 2.87. The van der Waals surface area contributed by atoms with Crippen molar-refractivity contribution in [2.75, 3.05) is 12.3 Å². The molecule has 106 valence electrons. The Morgan fingerprint density at radius 3 is 2.53 bits per heavy atom. The van der Waals surface area contributed by atoms with E-state index in [0.717, 1.165) is 0 Å². The lowest BCUT2D eigenvalue weighted by atomic mass is 10.1. The van der Waals surface area contributed by atoms with E-state index >= 15 is 0 Å². The Kier molecular flexibility index (Phi) is 4.69. The maximum atomic E-state index is 12.1. The molecule has 1 rings (SSSR count). The average Bonchev–Trinajstić information content (AvgIpc) is 2.24. The lowest BCUT2D eigenvalue weighted by Gasteiger charge is -2.20. The zero-order chi connectivity index (χ0) is 14.6. The molecule has 1 aromatic rings. The molecular weight excluding hydrogens is 256 g/mol. The summed E-state index contributed by atoms with van der Waals surface area (Å²) in [5.41, 5.74) is 5.24. The zero-order valence-corrected chi connectivity index (χ0v) is 11.1. The fourth-order valence-electron chi connectivity index (χ4n) is 1.32. The van der Waals surface area contributed by atoms with Crippen LogP contribution in [-0.4, -0.2) is 24.6 Å². The van der Waals surface area contributed by atoms with Crippen molar-refractivity contribution in [3.05, 3.63) is 23.8 Å². The minimum atomic E-state index is -2.62. The highest BCUT2D eigenvalue weighted by molar-refractivity contribution is 5.93. The number of halogens is 2. The molecule has 19 heavy (non-hydrogen) atoms. The van der Waals surface area contributed by atoms with Crippen LogP contribution in [0, 0.1) is 0 Å².